The number of aromatic nitrogens is 4. The molecule has 0 saturated heterocycles. The maximum atomic E-state index is 13.9. The molecule has 12 heteroatoms. The second-order valence-electron chi connectivity index (χ2n) is 8.47. The molecule has 0 saturated carbocycles. The average Bonchev–Trinajstić information content (AvgIpc) is 3.22. The molecule has 0 aliphatic heterocycles. The molecule has 1 N–H and O–H groups in total. The number of aliphatic carboxylic acids is 1. The Morgan fingerprint density at radius 2 is 1.92 bits per heavy atom. The van der Waals surface area contributed by atoms with Crippen LogP contribution in [0.1, 0.15) is 36.7 Å². The number of rotatable bonds is 8. The second kappa shape index (κ2) is 10.4. The summed E-state index contributed by atoms with van der Waals surface area (Å²) in [6.45, 7) is 3.91. The number of carboxylic acids is 1. The van der Waals surface area contributed by atoms with Crippen molar-refractivity contribution in [2.45, 2.75) is 43.4 Å². The first kappa shape index (κ1) is 26.4. The van der Waals surface area contributed by atoms with Gasteiger partial charge in [0.05, 0.1) is 25.2 Å². The standard InChI is InChI=1S/C25H22F4N4O3S/c1-13(2)33-11-17(16-5-7-20(25(27,28)29)31-23(16)36-3)22-19(33)10-30-24(32-22)37-12-14-4-6-18(26)15(8-14)9-21(34)35/h4-8,10-11,13H,9,12H2,1-3H3,(H,34,35). The Hall–Kier alpha value is -3.67. The highest BCUT2D eigenvalue weighted by Gasteiger charge is 2.33. The number of carbonyl (C=O) groups is 1. The van der Waals surface area contributed by atoms with E-state index in [-0.39, 0.29) is 17.5 Å². The molecule has 0 bridgehead atoms. The van der Waals surface area contributed by atoms with Crippen LogP contribution in [0.25, 0.3) is 22.2 Å². The van der Waals surface area contributed by atoms with Crippen molar-refractivity contribution in [3.8, 4) is 17.0 Å². The highest BCUT2D eigenvalue weighted by molar-refractivity contribution is 7.98. The predicted octanol–water partition coefficient (Wildman–Crippen LogP) is 6.16. The number of nitrogens with zero attached hydrogens (tertiary/aromatic N) is 4. The van der Waals surface area contributed by atoms with Crippen molar-refractivity contribution in [2.75, 3.05) is 7.11 Å². The number of alkyl halides is 3. The van der Waals surface area contributed by atoms with Crippen LogP contribution < -0.4 is 4.74 Å². The molecular weight excluding hydrogens is 512 g/mol. The molecule has 37 heavy (non-hydrogen) atoms. The van der Waals surface area contributed by atoms with Crippen molar-refractivity contribution in [1.82, 2.24) is 19.5 Å². The lowest BCUT2D eigenvalue weighted by Crippen LogP contribution is -2.09. The van der Waals surface area contributed by atoms with Gasteiger partial charge in [-0.05, 0) is 43.2 Å². The molecular formula is C25H22F4N4O3S. The van der Waals surface area contributed by atoms with Crippen molar-refractivity contribution in [1.29, 1.82) is 0 Å². The van der Waals surface area contributed by atoms with Gasteiger partial charge in [0.25, 0.3) is 0 Å². The van der Waals surface area contributed by atoms with E-state index in [9.17, 15) is 22.4 Å². The minimum Gasteiger partial charge on any atom is -0.481 e. The number of ether oxygens (including phenoxy) is 1. The Labute approximate surface area is 213 Å². The third-order valence-electron chi connectivity index (χ3n) is 5.56. The zero-order valence-corrected chi connectivity index (χ0v) is 20.8. The molecule has 0 fully saturated rings. The molecule has 0 amide bonds. The number of fused-ring (bicyclic) bond motifs is 1. The fraction of sp³-hybridized carbons (Fsp3) is 0.280. The first-order valence-corrected chi connectivity index (χ1v) is 12.1. The molecule has 0 aliphatic carbocycles. The van der Waals surface area contributed by atoms with Crippen molar-refractivity contribution < 1.29 is 32.2 Å². The normalized spacial score (nSPS) is 11.9. The smallest absolute Gasteiger partial charge is 0.433 e. The third kappa shape index (κ3) is 5.68. The summed E-state index contributed by atoms with van der Waals surface area (Å²) >= 11 is 1.26. The number of halogens is 4. The average molecular weight is 535 g/mol. The molecule has 0 radical (unpaired) electrons. The molecule has 0 unspecified atom stereocenters. The van der Waals surface area contributed by atoms with Crippen molar-refractivity contribution >= 4 is 28.8 Å². The summed E-state index contributed by atoms with van der Waals surface area (Å²) in [6, 6.07) is 6.50. The Balaban J connectivity index is 1.72. The summed E-state index contributed by atoms with van der Waals surface area (Å²) in [5.74, 6) is -1.55. The van der Waals surface area contributed by atoms with E-state index in [1.807, 2.05) is 18.4 Å². The van der Waals surface area contributed by atoms with Gasteiger partial charge in [-0.3, -0.25) is 4.79 Å². The van der Waals surface area contributed by atoms with Gasteiger partial charge in [0.1, 0.15) is 17.0 Å². The molecule has 194 valence electrons. The monoisotopic (exact) mass is 534 g/mol. The van der Waals surface area contributed by atoms with E-state index in [0.29, 0.717) is 38.6 Å². The maximum absolute atomic E-state index is 13.9. The highest BCUT2D eigenvalue weighted by atomic mass is 32.2. The van der Waals surface area contributed by atoms with E-state index in [1.165, 1.54) is 37.1 Å². The quantitative estimate of drug-likeness (QED) is 0.165. The fourth-order valence-corrected chi connectivity index (χ4v) is 4.59. The van der Waals surface area contributed by atoms with Crippen LogP contribution >= 0.6 is 11.8 Å². The Morgan fingerprint density at radius 1 is 1.16 bits per heavy atom. The lowest BCUT2D eigenvalue weighted by atomic mass is 10.1. The van der Waals surface area contributed by atoms with Gasteiger partial charge < -0.3 is 14.4 Å². The van der Waals surface area contributed by atoms with Crippen LogP contribution in [0.15, 0.2) is 47.9 Å². The number of methoxy groups -OCH3 is 1. The second-order valence-corrected chi connectivity index (χ2v) is 9.41. The summed E-state index contributed by atoms with van der Waals surface area (Å²) in [6.07, 6.45) is -1.63. The van der Waals surface area contributed by atoms with Crippen LogP contribution in [0.3, 0.4) is 0 Å². The van der Waals surface area contributed by atoms with Crippen molar-refractivity contribution in [3.63, 3.8) is 0 Å². The van der Waals surface area contributed by atoms with Gasteiger partial charge in [-0.1, -0.05) is 23.9 Å². The Morgan fingerprint density at radius 3 is 2.57 bits per heavy atom. The fourth-order valence-electron chi connectivity index (χ4n) is 3.83. The SMILES string of the molecule is COc1nc(C(F)(F)F)ccc1-c1cn(C(C)C)c2cnc(SCc3ccc(F)c(CC(=O)O)c3)nc12. The predicted molar refractivity (Wildman–Crippen MR) is 130 cm³/mol. The minimum atomic E-state index is -4.62. The number of hydrogen-bond acceptors (Lipinski definition) is 6. The summed E-state index contributed by atoms with van der Waals surface area (Å²) in [5, 5.41) is 9.37. The van der Waals surface area contributed by atoms with E-state index in [4.69, 9.17) is 9.84 Å². The van der Waals surface area contributed by atoms with Crippen LogP contribution in [0.5, 0.6) is 5.88 Å². The molecule has 0 aliphatic rings. The Bertz CT molecular complexity index is 1470. The van der Waals surface area contributed by atoms with E-state index in [2.05, 4.69) is 15.0 Å². The number of pyridine rings is 1. The van der Waals surface area contributed by atoms with E-state index < -0.39 is 30.1 Å². The van der Waals surface area contributed by atoms with E-state index in [1.54, 1.807) is 18.5 Å². The van der Waals surface area contributed by atoms with Crippen LogP contribution in [-0.2, 0) is 23.1 Å². The van der Waals surface area contributed by atoms with E-state index >= 15 is 0 Å². The zero-order valence-electron chi connectivity index (χ0n) is 20.0. The van der Waals surface area contributed by atoms with Gasteiger partial charge >= 0.3 is 12.1 Å². The van der Waals surface area contributed by atoms with Crippen LogP contribution in [0.2, 0.25) is 0 Å². The number of carboxylic acid groups (broad SMARTS) is 1. The summed E-state index contributed by atoms with van der Waals surface area (Å²) in [4.78, 5) is 23.7. The van der Waals surface area contributed by atoms with Crippen LogP contribution in [-0.4, -0.2) is 37.7 Å². The first-order chi connectivity index (χ1) is 17.5. The number of benzene rings is 1. The van der Waals surface area contributed by atoms with Gasteiger partial charge in [0.2, 0.25) is 5.88 Å². The van der Waals surface area contributed by atoms with Crippen LogP contribution in [0, 0.1) is 5.82 Å². The molecule has 0 spiro atoms. The third-order valence-corrected chi connectivity index (χ3v) is 6.49. The molecule has 0 atom stereocenters. The van der Waals surface area contributed by atoms with Gasteiger partial charge in [0, 0.05) is 29.1 Å². The highest BCUT2D eigenvalue weighted by Crippen LogP contribution is 2.38. The van der Waals surface area contributed by atoms with Gasteiger partial charge in [-0.25, -0.2) is 19.3 Å². The van der Waals surface area contributed by atoms with Crippen LogP contribution in [0.4, 0.5) is 17.6 Å². The molecule has 4 aromatic rings. The molecule has 1 aromatic carbocycles. The summed E-state index contributed by atoms with van der Waals surface area (Å²) < 4.78 is 60.6. The first-order valence-electron chi connectivity index (χ1n) is 11.1. The lowest BCUT2D eigenvalue weighted by molar-refractivity contribution is -0.141. The summed E-state index contributed by atoms with van der Waals surface area (Å²) in [5.41, 5.74) is 1.80. The molecule has 7 nitrogen and oxygen atoms in total. The van der Waals surface area contributed by atoms with Gasteiger partial charge in [-0.15, -0.1) is 0 Å². The number of hydrogen-bond donors (Lipinski definition) is 1. The maximum Gasteiger partial charge on any atom is 0.433 e. The molecule has 4 rings (SSSR count). The topological polar surface area (TPSA) is 90.1 Å². The zero-order chi connectivity index (χ0) is 26.9. The largest absolute Gasteiger partial charge is 0.481 e. The number of thioether (sulfide) groups is 1. The van der Waals surface area contributed by atoms with E-state index in [0.717, 1.165) is 6.07 Å². The van der Waals surface area contributed by atoms with Crippen molar-refractivity contribution in [3.05, 3.63) is 65.4 Å². The minimum absolute atomic E-state index is 0.0126. The summed E-state index contributed by atoms with van der Waals surface area (Å²) in [7, 11) is 1.26. The lowest BCUT2D eigenvalue weighted by Gasteiger charge is -2.11. The molecule has 3 heterocycles. The molecule has 3 aromatic heterocycles. The van der Waals surface area contributed by atoms with Gasteiger partial charge in [-0.2, -0.15) is 13.2 Å². The Kier molecular flexibility index (Phi) is 7.39. The van der Waals surface area contributed by atoms with Gasteiger partial charge in [0.15, 0.2) is 5.16 Å². The van der Waals surface area contributed by atoms with Crippen molar-refractivity contribution in [2.24, 2.45) is 0 Å².